The first kappa shape index (κ1) is 47.8. The first-order valence-electron chi connectivity index (χ1n) is 18.8. The zero-order valence-electron chi connectivity index (χ0n) is 33.0. The third-order valence-corrected chi connectivity index (χ3v) is 8.72. The van der Waals surface area contributed by atoms with Crippen molar-refractivity contribution in [1.29, 1.82) is 0 Å². The first-order chi connectivity index (χ1) is 28.9. The number of rotatable bonds is 24. The fourth-order valence-electron chi connectivity index (χ4n) is 5.76. The predicted octanol–water partition coefficient (Wildman–Crippen LogP) is -1.17. The van der Waals surface area contributed by atoms with Crippen LogP contribution in [0, 0.1) is 0 Å². The number of amides is 7. The van der Waals surface area contributed by atoms with Crippen molar-refractivity contribution < 1.29 is 58.5 Å². The fraction of sp³-hybridized carbons (Fsp3) is 0.325. The van der Waals surface area contributed by atoms with Gasteiger partial charge < -0.3 is 64.0 Å². The molecular formula is C40H49N9O12. The summed E-state index contributed by atoms with van der Waals surface area (Å²) in [6.07, 6.45) is -2.21. The highest BCUT2D eigenvalue weighted by Gasteiger charge is 2.33. The van der Waals surface area contributed by atoms with Crippen LogP contribution in [0.4, 0.5) is 17.1 Å². The van der Waals surface area contributed by atoms with E-state index in [1.165, 1.54) is 6.07 Å². The summed E-state index contributed by atoms with van der Waals surface area (Å²) >= 11 is 0. The van der Waals surface area contributed by atoms with Crippen LogP contribution < -0.4 is 48.7 Å². The van der Waals surface area contributed by atoms with Crippen LogP contribution in [0.15, 0.2) is 78.9 Å². The number of benzene rings is 3. The summed E-state index contributed by atoms with van der Waals surface area (Å²) in [6.45, 7) is -0.0406. The summed E-state index contributed by atoms with van der Waals surface area (Å²) in [5, 5.41) is 46.3. The summed E-state index contributed by atoms with van der Waals surface area (Å²) in [7, 11) is 0. The zero-order valence-corrected chi connectivity index (χ0v) is 33.0. The third-order valence-electron chi connectivity index (χ3n) is 8.72. The maximum absolute atomic E-state index is 13.8. The van der Waals surface area contributed by atoms with E-state index < -0.39 is 103 Å². The Hall–Kier alpha value is -7.55. The molecule has 0 unspecified atom stereocenters. The van der Waals surface area contributed by atoms with E-state index in [-0.39, 0.29) is 31.4 Å². The lowest BCUT2D eigenvalue weighted by Gasteiger charge is -2.26. The molecule has 0 heterocycles. The molecule has 0 radical (unpaired) electrons. The highest BCUT2D eigenvalue weighted by molar-refractivity contribution is 6.05. The average Bonchev–Trinajstić information content (AvgIpc) is 3.19. The lowest BCUT2D eigenvalue weighted by molar-refractivity contribution is -0.142. The van der Waals surface area contributed by atoms with Crippen LogP contribution in [0.1, 0.15) is 48.5 Å². The molecule has 14 N–H and O–H groups in total. The summed E-state index contributed by atoms with van der Waals surface area (Å²) in [5.41, 5.74) is 13.3. The van der Waals surface area contributed by atoms with Gasteiger partial charge in [0, 0.05) is 55.0 Å². The van der Waals surface area contributed by atoms with Gasteiger partial charge in [0.1, 0.15) is 24.2 Å². The number of aliphatic hydroxyl groups is 1. The topological polar surface area (TPSA) is 351 Å². The van der Waals surface area contributed by atoms with Crippen molar-refractivity contribution in [2.75, 3.05) is 29.5 Å². The molecule has 0 aliphatic heterocycles. The molecule has 5 atom stereocenters. The maximum atomic E-state index is 13.8. The van der Waals surface area contributed by atoms with Crippen molar-refractivity contribution >= 4 is 70.4 Å². The predicted molar refractivity (Wildman–Crippen MR) is 219 cm³/mol. The summed E-state index contributed by atoms with van der Waals surface area (Å²) in [4.78, 5) is 113. The van der Waals surface area contributed by atoms with Gasteiger partial charge in [0.25, 0.3) is 5.91 Å². The Bertz CT molecular complexity index is 2050. The number of nitrogen functional groups attached to an aromatic ring is 1. The molecule has 326 valence electrons. The second kappa shape index (κ2) is 23.8. The van der Waals surface area contributed by atoms with Gasteiger partial charge in [-0.3, -0.25) is 43.2 Å². The van der Waals surface area contributed by atoms with Crippen LogP contribution >= 0.6 is 0 Å². The number of primary amides is 1. The van der Waals surface area contributed by atoms with Crippen LogP contribution in [0.2, 0.25) is 0 Å². The summed E-state index contributed by atoms with van der Waals surface area (Å²) in [6, 6.07) is 13.6. The van der Waals surface area contributed by atoms with Gasteiger partial charge >= 0.3 is 11.9 Å². The highest BCUT2D eigenvalue weighted by Crippen LogP contribution is 2.16. The first-order valence-corrected chi connectivity index (χ1v) is 18.8. The molecule has 0 saturated carbocycles. The third kappa shape index (κ3) is 17.1. The molecule has 0 fully saturated rings. The maximum Gasteiger partial charge on any atom is 0.305 e. The van der Waals surface area contributed by atoms with Gasteiger partial charge in [-0.25, -0.2) is 0 Å². The van der Waals surface area contributed by atoms with E-state index in [4.69, 9.17) is 16.6 Å². The zero-order chi connectivity index (χ0) is 45.1. The van der Waals surface area contributed by atoms with Crippen molar-refractivity contribution in [1.82, 2.24) is 26.6 Å². The summed E-state index contributed by atoms with van der Waals surface area (Å²) in [5.74, 6) is -9.07. The van der Waals surface area contributed by atoms with E-state index in [2.05, 4.69) is 37.2 Å². The number of carbonyl (C=O) groups is 9. The molecule has 0 spiro atoms. The molecule has 3 aromatic rings. The Balaban J connectivity index is 1.79. The highest BCUT2D eigenvalue weighted by atomic mass is 16.4. The minimum absolute atomic E-state index is 0.0202. The molecule has 21 nitrogen and oxygen atoms in total. The number of carboxylic acids is 2. The van der Waals surface area contributed by atoms with E-state index in [0.29, 0.717) is 22.6 Å². The van der Waals surface area contributed by atoms with E-state index in [1.54, 1.807) is 72.8 Å². The standard InChI is InChI=1S/C40H49N9O12/c1-22(51)44-30(18-34(53)54)39(60)49-32(21-50)40(61)47-29(15-23-7-3-2-4-8-23)38(59)48-31(19-35(55)56)37(58)46-28(13-14-33(42)52)20-43-26-11-5-9-24(16-26)36(57)45-27-12-6-10-25(41)17-27/h2-12,16-17,28-32,43,50H,13-15,18-21,41H2,1H3,(H2,42,52)(H,44,51)(H,45,57)(H,46,58)(H,47,61)(H,48,59)(H,49,60)(H,53,54)(H,55,56)/t28-,29-,30-,31-,32-/m0/s1. The molecule has 61 heavy (non-hydrogen) atoms. The van der Waals surface area contributed by atoms with Crippen LogP contribution in [-0.4, -0.2) is 112 Å². The summed E-state index contributed by atoms with van der Waals surface area (Å²) < 4.78 is 0. The SMILES string of the molecule is CC(=O)N[C@@H](CC(=O)O)C(=O)N[C@@H](CO)C(=O)N[C@@H](Cc1ccccc1)C(=O)N[C@@H](CC(=O)O)C(=O)N[C@@H](CCC(N)=O)CNc1cccc(C(=O)Nc2cccc(N)c2)c1. The van der Waals surface area contributed by atoms with Crippen LogP contribution in [0.5, 0.6) is 0 Å². The molecule has 0 aliphatic rings. The molecule has 0 bridgehead atoms. The molecule has 21 heteroatoms. The molecule has 7 amide bonds. The van der Waals surface area contributed by atoms with Crippen molar-refractivity contribution in [3.8, 4) is 0 Å². The molecule has 0 aliphatic carbocycles. The number of hydrogen-bond acceptors (Lipinski definition) is 12. The van der Waals surface area contributed by atoms with E-state index in [9.17, 15) is 53.4 Å². The van der Waals surface area contributed by atoms with Crippen molar-refractivity contribution in [2.45, 2.75) is 69.2 Å². The minimum Gasteiger partial charge on any atom is -0.481 e. The Morgan fingerprint density at radius 1 is 0.639 bits per heavy atom. The Morgan fingerprint density at radius 3 is 1.80 bits per heavy atom. The van der Waals surface area contributed by atoms with Crippen LogP contribution in [0.3, 0.4) is 0 Å². The number of aliphatic carboxylic acids is 2. The normalized spacial score (nSPS) is 13.1. The Kier molecular flexibility index (Phi) is 18.6. The number of nitrogens with two attached hydrogens (primary N) is 2. The van der Waals surface area contributed by atoms with Gasteiger partial charge in [-0.1, -0.05) is 42.5 Å². The van der Waals surface area contributed by atoms with Gasteiger partial charge in [0.2, 0.25) is 35.4 Å². The van der Waals surface area contributed by atoms with Gasteiger partial charge in [-0.05, 0) is 48.4 Å². The quantitative estimate of drug-likeness (QED) is 0.0473. The van der Waals surface area contributed by atoms with E-state index in [1.807, 2.05) is 0 Å². The van der Waals surface area contributed by atoms with Crippen LogP contribution in [0.25, 0.3) is 0 Å². The van der Waals surface area contributed by atoms with Crippen molar-refractivity contribution in [3.63, 3.8) is 0 Å². The lowest BCUT2D eigenvalue weighted by atomic mass is 10.0. The second-order valence-electron chi connectivity index (χ2n) is 13.8. The number of nitrogens with one attached hydrogen (secondary N) is 7. The molecule has 0 aromatic heterocycles. The average molecular weight is 848 g/mol. The van der Waals surface area contributed by atoms with Crippen molar-refractivity contribution in [2.24, 2.45) is 5.73 Å². The smallest absolute Gasteiger partial charge is 0.305 e. The van der Waals surface area contributed by atoms with Gasteiger partial charge in [-0.2, -0.15) is 0 Å². The fourth-order valence-corrected chi connectivity index (χ4v) is 5.76. The number of carbonyl (C=O) groups excluding carboxylic acids is 7. The Morgan fingerprint density at radius 2 is 1.20 bits per heavy atom. The van der Waals surface area contributed by atoms with Gasteiger partial charge in [-0.15, -0.1) is 0 Å². The van der Waals surface area contributed by atoms with Crippen molar-refractivity contribution in [3.05, 3.63) is 90.0 Å². The van der Waals surface area contributed by atoms with E-state index in [0.717, 1.165) is 6.92 Å². The number of anilines is 3. The minimum atomic E-state index is -1.75. The molecular weight excluding hydrogens is 798 g/mol. The number of hydrogen-bond donors (Lipinski definition) is 12. The number of carboxylic acid groups (broad SMARTS) is 2. The van der Waals surface area contributed by atoms with Gasteiger partial charge in [0.05, 0.1) is 19.4 Å². The molecule has 3 aromatic carbocycles. The molecule has 0 saturated heterocycles. The van der Waals surface area contributed by atoms with E-state index >= 15 is 0 Å². The number of aliphatic hydroxyl groups excluding tert-OH is 1. The largest absolute Gasteiger partial charge is 0.481 e. The van der Waals surface area contributed by atoms with Gasteiger partial charge in [0.15, 0.2) is 0 Å². The Labute approximate surface area is 349 Å². The van der Waals surface area contributed by atoms with Crippen LogP contribution in [-0.2, 0) is 44.8 Å². The monoisotopic (exact) mass is 847 g/mol. The second-order valence-corrected chi connectivity index (χ2v) is 13.8. The molecule has 3 rings (SSSR count). The lowest BCUT2D eigenvalue weighted by Crippen LogP contribution is -2.60.